The van der Waals surface area contributed by atoms with Gasteiger partial charge in [-0.1, -0.05) is 11.6 Å². The first-order chi connectivity index (χ1) is 9.50. The van der Waals surface area contributed by atoms with Gasteiger partial charge in [-0.25, -0.2) is 9.97 Å². The first kappa shape index (κ1) is 12.9. The molecule has 0 bridgehead atoms. The van der Waals surface area contributed by atoms with Crippen LogP contribution in [0.5, 0.6) is 0 Å². The zero-order valence-electron chi connectivity index (χ0n) is 11.6. The molecule has 2 heterocycles. The van der Waals surface area contributed by atoms with Crippen molar-refractivity contribution in [2.45, 2.75) is 20.8 Å². The van der Waals surface area contributed by atoms with Crippen LogP contribution in [0, 0.1) is 20.8 Å². The van der Waals surface area contributed by atoms with E-state index in [1.54, 1.807) is 0 Å². The summed E-state index contributed by atoms with van der Waals surface area (Å²) in [5, 5.41) is 1.64. The Bertz CT molecular complexity index is 820. The average molecular weight is 287 g/mol. The molecule has 0 aliphatic rings. The van der Waals surface area contributed by atoms with Crippen LogP contribution in [0.3, 0.4) is 0 Å². The third-order valence-electron chi connectivity index (χ3n) is 3.72. The number of aryl methyl sites for hydroxylation is 2. The van der Waals surface area contributed by atoms with Gasteiger partial charge in [-0.2, -0.15) is 0 Å². The zero-order valence-corrected chi connectivity index (χ0v) is 12.4. The van der Waals surface area contributed by atoms with E-state index in [9.17, 15) is 0 Å². The van der Waals surface area contributed by atoms with Crippen molar-refractivity contribution in [3.05, 3.63) is 46.4 Å². The van der Waals surface area contributed by atoms with E-state index in [1.165, 1.54) is 6.33 Å². The summed E-state index contributed by atoms with van der Waals surface area (Å²) in [4.78, 5) is 8.49. The van der Waals surface area contributed by atoms with E-state index in [4.69, 9.17) is 17.3 Å². The number of fused-ring (bicyclic) bond motifs is 1. The highest BCUT2D eigenvalue weighted by molar-refractivity contribution is 6.30. The summed E-state index contributed by atoms with van der Waals surface area (Å²) in [7, 11) is 0. The quantitative estimate of drug-likeness (QED) is 0.744. The van der Waals surface area contributed by atoms with Crippen LogP contribution in [-0.4, -0.2) is 14.5 Å². The Morgan fingerprint density at radius 2 is 1.90 bits per heavy atom. The number of benzene rings is 1. The van der Waals surface area contributed by atoms with Gasteiger partial charge in [0.25, 0.3) is 0 Å². The third kappa shape index (κ3) is 1.76. The Kier molecular flexibility index (Phi) is 2.91. The molecule has 20 heavy (non-hydrogen) atoms. The van der Waals surface area contributed by atoms with Gasteiger partial charge in [-0.3, -0.25) is 4.57 Å². The molecule has 4 nitrogen and oxygen atoms in total. The van der Waals surface area contributed by atoms with Gasteiger partial charge in [0.05, 0.1) is 11.1 Å². The van der Waals surface area contributed by atoms with Crippen LogP contribution in [-0.2, 0) is 0 Å². The van der Waals surface area contributed by atoms with Gasteiger partial charge in [0, 0.05) is 10.7 Å². The summed E-state index contributed by atoms with van der Waals surface area (Å²) >= 11 is 6.04. The van der Waals surface area contributed by atoms with Gasteiger partial charge in [0.1, 0.15) is 12.1 Å². The van der Waals surface area contributed by atoms with E-state index >= 15 is 0 Å². The Hall–Kier alpha value is -2.07. The van der Waals surface area contributed by atoms with E-state index in [0.717, 1.165) is 38.6 Å². The van der Waals surface area contributed by atoms with Crippen LogP contribution in [0.15, 0.2) is 24.5 Å². The summed E-state index contributed by atoms with van der Waals surface area (Å²) in [5.74, 6) is 0.515. The number of aromatic nitrogens is 3. The largest absolute Gasteiger partial charge is 0.383 e. The Balaban J connectivity index is 2.42. The molecule has 0 atom stereocenters. The SMILES string of the molecule is Cc1cc(Cl)ccc1-n1c(C)c(C)c2c(N)ncnc21. The van der Waals surface area contributed by atoms with Crippen LogP contribution in [0.4, 0.5) is 5.82 Å². The molecule has 0 fully saturated rings. The van der Waals surface area contributed by atoms with Crippen LogP contribution < -0.4 is 5.73 Å². The molecule has 2 N–H and O–H groups in total. The highest BCUT2D eigenvalue weighted by Gasteiger charge is 2.17. The highest BCUT2D eigenvalue weighted by atomic mass is 35.5. The molecule has 0 spiro atoms. The maximum atomic E-state index is 6.04. The van der Waals surface area contributed by atoms with E-state index in [2.05, 4.69) is 21.5 Å². The average Bonchev–Trinajstić information content (AvgIpc) is 2.64. The van der Waals surface area contributed by atoms with E-state index in [0.29, 0.717) is 5.82 Å². The van der Waals surface area contributed by atoms with Gasteiger partial charge in [0.2, 0.25) is 0 Å². The van der Waals surface area contributed by atoms with Gasteiger partial charge in [0.15, 0.2) is 5.65 Å². The number of nitrogens with zero attached hydrogens (tertiary/aromatic N) is 3. The molecule has 0 unspecified atom stereocenters. The number of nitrogens with two attached hydrogens (primary N) is 1. The Morgan fingerprint density at radius 3 is 2.60 bits per heavy atom. The minimum atomic E-state index is 0.515. The fraction of sp³-hybridized carbons (Fsp3) is 0.200. The molecule has 3 aromatic rings. The molecule has 0 radical (unpaired) electrons. The van der Waals surface area contributed by atoms with Crippen molar-refractivity contribution >= 4 is 28.5 Å². The third-order valence-corrected chi connectivity index (χ3v) is 3.96. The molecule has 3 rings (SSSR count). The number of halogens is 1. The van der Waals surface area contributed by atoms with Crippen molar-refractivity contribution in [1.29, 1.82) is 0 Å². The van der Waals surface area contributed by atoms with Crippen molar-refractivity contribution in [1.82, 2.24) is 14.5 Å². The molecular weight excluding hydrogens is 272 g/mol. The molecule has 2 aromatic heterocycles. The number of nitrogen functional groups attached to an aromatic ring is 1. The van der Waals surface area contributed by atoms with Crippen molar-refractivity contribution in [2.75, 3.05) is 5.73 Å². The maximum Gasteiger partial charge on any atom is 0.150 e. The maximum absolute atomic E-state index is 6.04. The normalized spacial score (nSPS) is 11.2. The van der Waals surface area contributed by atoms with Crippen molar-refractivity contribution in [3.63, 3.8) is 0 Å². The minimum Gasteiger partial charge on any atom is -0.383 e. The smallest absolute Gasteiger partial charge is 0.150 e. The van der Waals surface area contributed by atoms with Crippen LogP contribution in [0.2, 0.25) is 5.02 Å². The first-order valence-corrected chi connectivity index (χ1v) is 6.73. The summed E-state index contributed by atoms with van der Waals surface area (Å²) in [5.41, 5.74) is 11.2. The first-order valence-electron chi connectivity index (χ1n) is 6.35. The van der Waals surface area contributed by atoms with E-state index in [-0.39, 0.29) is 0 Å². The summed E-state index contributed by atoms with van der Waals surface area (Å²) in [6.07, 6.45) is 1.50. The van der Waals surface area contributed by atoms with Crippen LogP contribution in [0.1, 0.15) is 16.8 Å². The lowest BCUT2D eigenvalue weighted by Crippen LogP contribution is -2.01. The molecule has 0 saturated heterocycles. The highest BCUT2D eigenvalue weighted by Crippen LogP contribution is 2.31. The number of hydrogen-bond acceptors (Lipinski definition) is 3. The zero-order chi connectivity index (χ0) is 14.4. The summed E-state index contributed by atoms with van der Waals surface area (Å²) < 4.78 is 2.11. The minimum absolute atomic E-state index is 0.515. The lowest BCUT2D eigenvalue weighted by Gasteiger charge is -2.11. The molecule has 5 heteroatoms. The molecule has 1 aromatic carbocycles. The second-order valence-electron chi connectivity index (χ2n) is 4.93. The number of rotatable bonds is 1. The van der Waals surface area contributed by atoms with Crippen molar-refractivity contribution in [3.8, 4) is 5.69 Å². The van der Waals surface area contributed by atoms with E-state index < -0.39 is 0 Å². The topological polar surface area (TPSA) is 56.7 Å². The monoisotopic (exact) mass is 286 g/mol. The van der Waals surface area contributed by atoms with Crippen LogP contribution >= 0.6 is 11.6 Å². The fourth-order valence-electron chi connectivity index (χ4n) is 2.59. The van der Waals surface area contributed by atoms with Gasteiger partial charge in [-0.15, -0.1) is 0 Å². The van der Waals surface area contributed by atoms with E-state index in [1.807, 2.05) is 32.0 Å². The van der Waals surface area contributed by atoms with Gasteiger partial charge in [-0.05, 0) is 50.1 Å². The second kappa shape index (κ2) is 4.49. The fourth-order valence-corrected chi connectivity index (χ4v) is 2.82. The second-order valence-corrected chi connectivity index (χ2v) is 5.37. The molecular formula is C15H15ClN4. The Labute approximate surface area is 122 Å². The molecule has 102 valence electrons. The standard InChI is InChI=1S/C15H15ClN4/c1-8-6-11(16)4-5-12(8)20-10(3)9(2)13-14(17)18-7-19-15(13)20/h4-7H,1-3H3,(H2,17,18,19). The predicted octanol–water partition coefficient (Wildman–Crippen LogP) is 3.58. The lowest BCUT2D eigenvalue weighted by molar-refractivity contribution is 1.00. The van der Waals surface area contributed by atoms with Crippen molar-refractivity contribution < 1.29 is 0 Å². The van der Waals surface area contributed by atoms with Crippen molar-refractivity contribution in [2.24, 2.45) is 0 Å². The molecule has 0 aliphatic heterocycles. The predicted molar refractivity (Wildman–Crippen MR) is 82.5 cm³/mol. The van der Waals surface area contributed by atoms with Gasteiger partial charge >= 0.3 is 0 Å². The molecule has 0 amide bonds. The lowest BCUT2D eigenvalue weighted by atomic mass is 10.2. The number of hydrogen-bond donors (Lipinski definition) is 1. The number of anilines is 1. The Morgan fingerprint density at radius 1 is 1.15 bits per heavy atom. The molecule has 0 saturated carbocycles. The molecule has 0 aliphatic carbocycles. The van der Waals surface area contributed by atoms with Gasteiger partial charge < -0.3 is 5.73 Å². The van der Waals surface area contributed by atoms with Crippen LogP contribution in [0.25, 0.3) is 16.7 Å². The summed E-state index contributed by atoms with van der Waals surface area (Å²) in [6, 6.07) is 5.83. The summed E-state index contributed by atoms with van der Waals surface area (Å²) in [6.45, 7) is 6.13.